The Hall–Kier alpha value is -3.16. The minimum Gasteiger partial charge on any atom is -0.354 e. The van der Waals surface area contributed by atoms with Crippen LogP contribution in [0.25, 0.3) is 0 Å². The average Bonchev–Trinajstić information content (AvgIpc) is 3.15. The van der Waals surface area contributed by atoms with Gasteiger partial charge in [-0.05, 0) is 17.7 Å². The van der Waals surface area contributed by atoms with Gasteiger partial charge in [-0.2, -0.15) is 13.2 Å². The van der Waals surface area contributed by atoms with Crippen molar-refractivity contribution in [2.24, 2.45) is 0 Å². The van der Waals surface area contributed by atoms with Crippen LogP contribution < -0.4 is 0 Å². The van der Waals surface area contributed by atoms with Gasteiger partial charge in [0, 0.05) is 43.4 Å². The zero-order valence-corrected chi connectivity index (χ0v) is 14.8. The summed E-state index contributed by atoms with van der Waals surface area (Å²) in [6, 6.07) is 13.5. The number of H-pyrrole nitrogens is 1. The molecule has 28 heavy (non-hydrogen) atoms. The standard InChI is InChI=1S/C20H17F3N4O/c21-20(22,23)19-24-11-14-12-27(9-8-16(14)26-19)18(28)17-7-6-15(25-17)10-13-4-2-1-3-5-13/h1-7,11,25H,8-10,12H2. The fourth-order valence-corrected chi connectivity index (χ4v) is 3.28. The van der Waals surface area contributed by atoms with Gasteiger partial charge in [0.1, 0.15) is 5.69 Å². The third-order valence-corrected chi connectivity index (χ3v) is 4.69. The predicted octanol–water partition coefficient (Wildman–Crippen LogP) is 3.61. The van der Waals surface area contributed by atoms with Crippen molar-refractivity contribution in [3.05, 3.63) is 82.7 Å². The number of halogens is 3. The van der Waals surface area contributed by atoms with E-state index in [1.165, 1.54) is 6.20 Å². The molecular weight excluding hydrogens is 369 g/mol. The van der Waals surface area contributed by atoms with Crippen molar-refractivity contribution in [1.29, 1.82) is 0 Å². The number of benzene rings is 1. The lowest BCUT2D eigenvalue weighted by atomic mass is 10.1. The highest BCUT2D eigenvalue weighted by atomic mass is 19.4. The van der Waals surface area contributed by atoms with Crippen LogP contribution in [-0.4, -0.2) is 32.3 Å². The first-order chi connectivity index (χ1) is 13.4. The number of carbonyl (C=O) groups is 1. The van der Waals surface area contributed by atoms with Crippen molar-refractivity contribution < 1.29 is 18.0 Å². The summed E-state index contributed by atoms with van der Waals surface area (Å²) in [5.41, 5.74) is 3.41. The SMILES string of the molecule is O=C(c1ccc(Cc2ccccc2)[nH]1)N1CCc2nc(C(F)(F)F)ncc2C1. The highest BCUT2D eigenvalue weighted by Crippen LogP contribution is 2.28. The molecule has 3 aromatic rings. The van der Waals surface area contributed by atoms with E-state index in [1.807, 2.05) is 36.4 Å². The molecule has 1 aliphatic rings. The van der Waals surface area contributed by atoms with Crippen molar-refractivity contribution in [3.63, 3.8) is 0 Å². The molecule has 1 N–H and O–H groups in total. The number of rotatable bonds is 3. The van der Waals surface area contributed by atoms with Crippen molar-refractivity contribution in [1.82, 2.24) is 19.9 Å². The molecule has 0 aliphatic carbocycles. The first kappa shape index (κ1) is 18.2. The van der Waals surface area contributed by atoms with Crippen molar-refractivity contribution in [2.45, 2.75) is 25.6 Å². The number of alkyl halides is 3. The van der Waals surface area contributed by atoms with Crippen molar-refractivity contribution in [3.8, 4) is 0 Å². The van der Waals surface area contributed by atoms with Gasteiger partial charge in [0.05, 0.1) is 5.69 Å². The second-order valence-corrected chi connectivity index (χ2v) is 6.70. The van der Waals surface area contributed by atoms with E-state index < -0.39 is 12.0 Å². The number of aromatic amines is 1. The first-order valence-electron chi connectivity index (χ1n) is 8.83. The zero-order chi connectivity index (χ0) is 19.7. The summed E-state index contributed by atoms with van der Waals surface area (Å²) in [5.74, 6) is -1.33. The van der Waals surface area contributed by atoms with Crippen LogP contribution in [0.3, 0.4) is 0 Å². The van der Waals surface area contributed by atoms with Gasteiger partial charge in [-0.15, -0.1) is 0 Å². The number of aromatic nitrogens is 3. The largest absolute Gasteiger partial charge is 0.451 e. The fraction of sp³-hybridized carbons (Fsp3) is 0.250. The number of carbonyl (C=O) groups excluding carboxylic acids is 1. The summed E-state index contributed by atoms with van der Waals surface area (Å²) >= 11 is 0. The van der Waals surface area contributed by atoms with E-state index in [0.717, 1.165) is 11.3 Å². The summed E-state index contributed by atoms with van der Waals surface area (Å²) in [6.45, 7) is 0.506. The maximum atomic E-state index is 12.8. The third-order valence-electron chi connectivity index (χ3n) is 4.69. The van der Waals surface area contributed by atoms with Gasteiger partial charge in [0.15, 0.2) is 0 Å². The average molecular weight is 386 g/mol. The summed E-state index contributed by atoms with van der Waals surface area (Å²) < 4.78 is 38.2. The lowest BCUT2D eigenvalue weighted by molar-refractivity contribution is -0.145. The van der Waals surface area contributed by atoms with E-state index in [2.05, 4.69) is 15.0 Å². The van der Waals surface area contributed by atoms with Gasteiger partial charge < -0.3 is 9.88 Å². The molecule has 0 spiro atoms. The Morgan fingerprint density at radius 1 is 1.14 bits per heavy atom. The molecule has 0 saturated carbocycles. The van der Waals surface area contributed by atoms with Gasteiger partial charge in [0.2, 0.25) is 5.82 Å². The maximum Gasteiger partial charge on any atom is 0.451 e. The molecule has 3 heterocycles. The number of nitrogens with zero attached hydrogens (tertiary/aromatic N) is 3. The number of amides is 1. The molecule has 1 aliphatic heterocycles. The quantitative estimate of drug-likeness (QED) is 0.748. The smallest absolute Gasteiger partial charge is 0.354 e. The van der Waals surface area contributed by atoms with Crippen LogP contribution in [-0.2, 0) is 25.6 Å². The Morgan fingerprint density at radius 2 is 1.93 bits per heavy atom. The second-order valence-electron chi connectivity index (χ2n) is 6.70. The molecule has 0 bridgehead atoms. The Bertz CT molecular complexity index is 998. The van der Waals surface area contributed by atoms with E-state index in [0.29, 0.717) is 29.9 Å². The van der Waals surface area contributed by atoms with Gasteiger partial charge in [-0.3, -0.25) is 4.79 Å². The molecule has 0 radical (unpaired) electrons. The topological polar surface area (TPSA) is 61.9 Å². The van der Waals surface area contributed by atoms with E-state index >= 15 is 0 Å². The van der Waals surface area contributed by atoms with Crippen LogP contribution in [0.4, 0.5) is 13.2 Å². The fourth-order valence-electron chi connectivity index (χ4n) is 3.28. The summed E-state index contributed by atoms with van der Waals surface area (Å²) in [5, 5.41) is 0. The molecule has 1 aromatic carbocycles. The minimum absolute atomic E-state index is 0.190. The maximum absolute atomic E-state index is 12.8. The minimum atomic E-state index is -4.57. The first-order valence-corrected chi connectivity index (χ1v) is 8.83. The van der Waals surface area contributed by atoms with E-state index in [1.54, 1.807) is 11.0 Å². The lowest BCUT2D eigenvalue weighted by Gasteiger charge is -2.28. The van der Waals surface area contributed by atoms with E-state index in [4.69, 9.17) is 0 Å². The Balaban J connectivity index is 1.47. The molecule has 0 fully saturated rings. The number of hydrogen-bond acceptors (Lipinski definition) is 3. The number of nitrogens with one attached hydrogen (secondary N) is 1. The lowest BCUT2D eigenvalue weighted by Crippen LogP contribution is -2.37. The van der Waals surface area contributed by atoms with Crippen molar-refractivity contribution >= 4 is 5.91 Å². The Labute approximate surface area is 159 Å². The monoisotopic (exact) mass is 386 g/mol. The molecule has 0 unspecified atom stereocenters. The number of hydrogen-bond donors (Lipinski definition) is 1. The molecule has 5 nitrogen and oxygen atoms in total. The Morgan fingerprint density at radius 3 is 2.68 bits per heavy atom. The van der Waals surface area contributed by atoms with Crippen LogP contribution in [0.5, 0.6) is 0 Å². The highest BCUT2D eigenvalue weighted by molar-refractivity contribution is 5.92. The van der Waals surface area contributed by atoms with Crippen LogP contribution in [0.1, 0.15) is 38.8 Å². The normalized spacial score (nSPS) is 14.0. The molecular formula is C20H17F3N4O. The molecule has 1 amide bonds. The summed E-state index contributed by atoms with van der Waals surface area (Å²) in [4.78, 5) is 24.5. The zero-order valence-electron chi connectivity index (χ0n) is 14.8. The van der Waals surface area contributed by atoms with Crippen LogP contribution in [0.2, 0.25) is 0 Å². The van der Waals surface area contributed by atoms with Crippen molar-refractivity contribution in [2.75, 3.05) is 6.54 Å². The van der Waals surface area contributed by atoms with E-state index in [-0.39, 0.29) is 18.9 Å². The van der Waals surface area contributed by atoms with Gasteiger partial charge in [0.25, 0.3) is 5.91 Å². The molecule has 144 valence electrons. The molecule has 4 rings (SSSR count). The molecule has 8 heteroatoms. The molecule has 2 aromatic heterocycles. The van der Waals surface area contributed by atoms with Gasteiger partial charge in [-0.1, -0.05) is 30.3 Å². The van der Waals surface area contributed by atoms with Gasteiger partial charge in [-0.25, -0.2) is 9.97 Å². The molecule has 0 atom stereocenters. The summed E-state index contributed by atoms with van der Waals surface area (Å²) in [7, 11) is 0. The Kier molecular flexibility index (Phi) is 4.62. The van der Waals surface area contributed by atoms with Gasteiger partial charge >= 0.3 is 6.18 Å². The van der Waals surface area contributed by atoms with E-state index in [9.17, 15) is 18.0 Å². The van der Waals surface area contributed by atoms with Crippen LogP contribution in [0, 0.1) is 0 Å². The second kappa shape index (κ2) is 7.10. The van der Waals surface area contributed by atoms with Crippen LogP contribution >= 0.6 is 0 Å². The third kappa shape index (κ3) is 3.76. The molecule has 0 saturated heterocycles. The number of fused-ring (bicyclic) bond motifs is 1. The van der Waals surface area contributed by atoms with Crippen LogP contribution in [0.15, 0.2) is 48.7 Å². The summed E-state index contributed by atoms with van der Waals surface area (Å²) in [6.07, 6.45) is -2.45. The predicted molar refractivity (Wildman–Crippen MR) is 95.5 cm³/mol. The highest BCUT2D eigenvalue weighted by Gasteiger charge is 2.36.